The molecule has 19 heavy (non-hydrogen) atoms. The topological polar surface area (TPSA) is 47.1 Å². The van der Waals surface area contributed by atoms with E-state index in [-0.39, 0.29) is 0 Å². The second kappa shape index (κ2) is 6.50. The summed E-state index contributed by atoms with van der Waals surface area (Å²) in [6.45, 7) is 1.57. The van der Waals surface area contributed by atoms with Gasteiger partial charge in [0.25, 0.3) is 0 Å². The van der Waals surface area contributed by atoms with Crippen LogP contribution in [0, 0.1) is 0 Å². The first-order valence-corrected chi connectivity index (χ1v) is 6.63. The number of nitrogens with zero attached hydrogens (tertiary/aromatic N) is 3. The maximum Gasteiger partial charge on any atom is 0.0534 e. The molecule has 0 aliphatic heterocycles. The number of benzene rings is 1. The molecule has 1 unspecified atom stereocenters. The molecular weight excluding hydrogens is 236 g/mol. The average Bonchev–Trinajstić information content (AvgIpc) is 2.82. The Kier molecular flexibility index (Phi) is 4.71. The molecule has 0 amide bonds. The Balaban J connectivity index is 2.10. The van der Waals surface area contributed by atoms with E-state index >= 15 is 0 Å². The van der Waals surface area contributed by atoms with Gasteiger partial charge in [0.1, 0.15) is 0 Å². The summed E-state index contributed by atoms with van der Waals surface area (Å²) in [4.78, 5) is 2.33. The van der Waals surface area contributed by atoms with Crippen molar-refractivity contribution in [3.8, 4) is 0 Å². The summed E-state index contributed by atoms with van der Waals surface area (Å²) < 4.78 is 1.84. The third-order valence-electron chi connectivity index (χ3n) is 3.35. The van der Waals surface area contributed by atoms with Crippen molar-refractivity contribution in [2.24, 2.45) is 12.8 Å². The molecule has 0 saturated carbocycles. The first-order chi connectivity index (χ1) is 9.20. The van der Waals surface area contributed by atoms with Crippen molar-refractivity contribution in [3.63, 3.8) is 0 Å². The summed E-state index contributed by atoms with van der Waals surface area (Å²) in [5.41, 5.74) is 8.30. The molecule has 0 saturated heterocycles. The standard InChI is InChI=1S/C15H22N4/c1-18(11-13-10-17-19(2)12-13)15(8-9-16)14-6-4-3-5-7-14/h3-7,10,12,15H,8-9,11,16H2,1-2H3. The fraction of sp³-hybridized carbons (Fsp3) is 0.400. The highest BCUT2D eigenvalue weighted by Gasteiger charge is 2.16. The molecular formula is C15H22N4. The maximum atomic E-state index is 5.76. The van der Waals surface area contributed by atoms with Crippen LogP contribution in [0.3, 0.4) is 0 Å². The van der Waals surface area contributed by atoms with Crippen LogP contribution in [0.15, 0.2) is 42.7 Å². The zero-order valence-electron chi connectivity index (χ0n) is 11.7. The molecule has 0 fully saturated rings. The van der Waals surface area contributed by atoms with Gasteiger partial charge in [-0.1, -0.05) is 30.3 Å². The van der Waals surface area contributed by atoms with Crippen LogP contribution >= 0.6 is 0 Å². The van der Waals surface area contributed by atoms with Gasteiger partial charge in [0.05, 0.1) is 6.20 Å². The van der Waals surface area contributed by atoms with E-state index in [9.17, 15) is 0 Å². The van der Waals surface area contributed by atoms with Gasteiger partial charge in [-0.15, -0.1) is 0 Å². The zero-order chi connectivity index (χ0) is 13.7. The van der Waals surface area contributed by atoms with Gasteiger partial charge in [0, 0.05) is 31.4 Å². The Morgan fingerprint density at radius 1 is 1.32 bits per heavy atom. The first-order valence-electron chi connectivity index (χ1n) is 6.63. The molecule has 0 bridgehead atoms. The van der Waals surface area contributed by atoms with Crippen LogP contribution in [0.2, 0.25) is 0 Å². The van der Waals surface area contributed by atoms with Crippen LogP contribution in [0.4, 0.5) is 0 Å². The van der Waals surface area contributed by atoms with Crippen molar-refractivity contribution >= 4 is 0 Å². The minimum atomic E-state index is 0.353. The largest absolute Gasteiger partial charge is 0.330 e. The Hall–Kier alpha value is -1.65. The number of rotatable bonds is 6. The van der Waals surface area contributed by atoms with Gasteiger partial charge in [-0.2, -0.15) is 5.10 Å². The monoisotopic (exact) mass is 258 g/mol. The van der Waals surface area contributed by atoms with Crippen molar-refractivity contribution in [1.82, 2.24) is 14.7 Å². The van der Waals surface area contributed by atoms with E-state index in [4.69, 9.17) is 5.73 Å². The lowest BCUT2D eigenvalue weighted by atomic mass is 10.0. The second-order valence-corrected chi connectivity index (χ2v) is 4.94. The number of nitrogens with two attached hydrogens (primary N) is 1. The molecule has 4 nitrogen and oxygen atoms in total. The van der Waals surface area contributed by atoms with Crippen molar-refractivity contribution in [1.29, 1.82) is 0 Å². The molecule has 0 aliphatic rings. The Labute approximate surface area is 114 Å². The maximum absolute atomic E-state index is 5.76. The van der Waals surface area contributed by atoms with E-state index in [1.54, 1.807) is 0 Å². The Morgan fingerprint density at radius 2 is 2.05 bits per heavy atom. The average molecular weight is 258 g/mol. The van der Waals surface area contributed by atoms with Gasteiger partial charge in [-0.05, 0) is 25.6 Å². The molecule has 0 aliphatic carbocycles. The molecule has 0 spiro atoms. The minimum absolute atomic E-state index is 0.353. The molecule has 102 valence electrons. The van der Waals surface area contributed by atoms with E-state index in [2.05, 4.69) is 47.5 Å². The molecule has 0 radical (unpaired) electrons. The third kappa shape index (κ3) is 3.66. The van der Waals surface area contributed by atoms with Gasteiger partial charge in [-0.25, -0.2) is 0 Å². The van der Waals surface area contributed by atoms with Gasteiger partial charge in [0.15, 0.2) is 0 Å². The zero-order valence-corrected chi connectivity index (χ0v) is 11.7. The highest BCUT2D eigenvalue weighted by Crippen LogP contribution is 2.23. The second-order valence-electron chi connectivity index (χ2n) is 4.94. The van der Waals surface area contributed by atoms with Crippen molar-refractivity contribution in [2.75, 3.05) is 13.6 Å². The van der Waals surface area contributed by atoms with E-state index in [1.807, 2.05) is 24.0 Å². The normalized spacial score (nSPS) is 12.8. The predicted octanol–water partition coefficient (Wildman–Crippen LogP) is 1.94. The quantitative estimate of drug-likeness (QED) is 0.861. The van der Waals surface area contributed by atoms with Gasteiger partial charge >= 0.3 is 0 Å². The summed E-state index contributed by atoms with van der Waals surface area (Å²) in [5.74, 6) is 0. The Bertz CT molecular complexity index is 492. The van der Waals surface area contributed by atoms with Crippen LogP contribution in [0.25, 0.3) is 0 Å². The molecule has 2 aromatic rings. The summed E-state index contributed by atoms with van der Waals surface area (Å²) in [6.07, 6.45) is 4.93. The highest BCUT2D eigenvalue weighted by atomic mass is 15.2. The summed E-state index contributed by atoms with van der Waals surface area (Å²) in [6, 6.07) is 10.9. The number of hydrogen-bond acceptors (Lipinski definition) is 3. The summed E-state index contributed by atoms with van der Waals surface area (Å²) in [7, 11) is 4.08. The van der Waals surface area contributed by atoms with Crippen molar-refractivity contribution < 1.29 is 0 Å². The van der Waals surface area contributed by atoms with Crippen LogP contribution in [0.5, 0.6) is 0 Å². The molecule has 1 heterocycles. The fourth-order valence-electron chi connectivity index (χ4n) is 2.43. The predicted molar refractivity (Wildman–Crippen MR) is 77.5 cm³/mol. The lowest BCUT2D eigenvalue weighted by Crippen LogP contribution is -2.26. The fourth-order valence-corrected chi connectivity index (χ4v) is 2.43. The van der Waals surface area contributed by atoms with Gasteiger partial charge in [0.2, 0.25) is 0 Å². The van der Waals surface area contributed by atoms with Crippen LogP contribution in [-0.2, 0) is 13.6 Å². The lowest BCUT2D eigenvalue weighted by Gasteiger charge is -2.27. The Morgan fingerprint density at radius 3 is 2.63 bits per heavy atom. The molecule has 1 aromatic heterocycles. The first kappa shape index (κ1) is 13.8. The van der Waals surface area contributed by atoms with E-state index in [0.717, 1.165) is 13.0 Å². The molecule has 4 heteroatoms. The molecule has 1 atom stereocenters. The molecule has 2 rings (SSSR count). The van der Waals surface area contributed by atoms with Crippen molar-refractivity contribution in [2.45, 2.75) is 19.0 Å². The number of hydrogen-bond donors (Lipinski definition) is 1. The number of aromatic nitrogens is 2. The van der Waals surface area contributed by atoms with E-state index in [1.165, 1.54) is 11.1 Å². The van der Waals surface area contributed by atoms with E-state index in [0.29, 0.717) is 12.6 Å². The number of aryl methyl sites for hydroxylation is 1. The van der Waals surface area contributed by atoms with Gasteiger partial charge < -0.3 is 5.73 Å². The lowest BCUT2D eigenvalue weighted by molar-refractivity contribution is 0.227. The SMILES string of the molecule is CN(Cc1cnn(C)c1)C(CCN)c1ccccc1. The van der Waals surface area contributed by atoms with Crippen LogP contribution in [-0.4, -0.2) is 28.3 Å². The smallest absolute Gasteiger partial charge is 0.0534 e. The van der Waals surface area contributed by atoms with Crippen LogP contribution in [0.1, 0.15) is 23.6 Å². The highest BCUT2D eigenvalue weighted by molar-refractivity contribution is 5.19. The molecule has 2 N–H and O–H groups in total. The minimum Gasteiger partial charge on any atom is -0.330 e. The van der Waals surface area contributed by atoms with Gasteiger partial charge in [-0.3, -0.25) is 9.58 Å². The summed E-state index contributed by atoms with van der Waals surface area (Å²) >= 11 is 0. The van der Waals surface area contributed by atoms with Crippen LogP contribution < -0.4 is 5.73 Å². The summed E-state index contributed by atoms with van der Waals surface area (Å²) in [5, 5.41) is 4.21. The third-order valence-corrected chi connectivity index (χ3v) is 3.35. The van der Waals surface area contributed by atoms with Crippen molar-refractivity contribution in [3.05, 3.63) is 53.9 Å². The van der Waals surface area contributed by atoms with E-state index < -0.39 is 0 Å². The molecule has 1 aromatic carbocycles.